The average molecular weight is 521 g/mol. The predicted octanol–water partition coefficient (Wildman–Crippen LogP) is 1.68. The first-order valence-corrected chi connectivity index (χ1v) is 11.7. The van der Waals surface area contributed by atoms with Crippen LogP contribution in [0.25, 0.3) is 0 Å². The third-order valence-corrected chi connectivity index (χ3v) is 6.56. The maximum Gasteiger partial charge on any atom is 0.226 e. The summed E-state index contributed by atoms with van der Waals surface area (Å²) in [5.41, 5.74) is 22.8. The number of aliphatic imine (C=N–C) groups is 4. The zero-order chi connectivity index (χ0) is 22.6. The lowest BCUT2D eigenvalue weighted by Crippen LogP contribution is -2.55. The van der Waals surface area contributed by atoms with Gasteiger partial charge >= 0.3 is 0 Å². The second-order valence-electron chi connectivity index (χ2n) is 8.93. The molecule has 2 aliphatic carbocycles. The smallest absolute Gasteiger partial charge is 0.226 e. The molecule has 0 atom stereocenters. The minimum Gasteiger partial charge on any atom is -0.368 e. The van der Waals surface area contributed by atoms with Crippen LogP contribution in [0.1, 0.15) is 77.0 Å². The van der Waals surface area contributed by atoms with Crippen LogP contribution in [-0.4, -0.2) is 58.5 Å². The van der Waals surface area contributed by atoms with E-state index < -0.39 is 11.3 Å². The van der Waals surface area contributed by atoms with Crippen molar-refractivity contribution in [3.05, 3.63) is 0 Å². The number of guanidine groups is 4. The number of hydroxylamine groups is 4. The van der Waals surface area contributed by atoms with Gasteiger partial charge in [-0.2, -0.15) is 20.1 Å². The number of hydrogen-bond acceptors (Lipinski definition) is 12. The van der Waals surface area contributed by atoms with E-state index in [0.717, 1.165) is 77.0 Å². The van der Waals surface area contributed by atoms with Gasteiger partial charge in [0.05, 0.1) is 13.2 Å². The molecule has 0 radical (unpaired) electrons. The minimum atomic E-state index is -0.484. The standard InChI is InChI=1S/C20H36N10O2.2ClH/c21-15-25-17(23)29(19(27-15)9-3-4-10-19)31-13-7-1-2-8-14-32-30-18(24)26-16(22)28-20(30)11-5-6-12-20;;/h1-14H2,(H4,21,23,25,27)(H4,22,24,26,28);2*1H. The Bertz CT molecular complexity index is 741. The van der Waals surface area contributed by atoms with Crippen molar-refractivity contribution < 1.29 is 9.68 Å². The Kier molecular flexibility index (Phi) is 10.0. The van der Waals surface area contributed by atoms with Crippen LogP contribution in [0.5, 0.6) is 0 Å². The van der Waals surface area contributed by atoms with Gasteiger partial charge < -0.3 is 22.9 Å². The molecule has 2 spiro atoms. The first kappa shape index (κ1) is 28.2. The Balaban J connectivity index is 0.00000204. The molecule has 194 valence electrons. The van der Waals surface area contributed by atoms with E-state index in [0.29, 0.717) is 13.2 Å². The number of halogens is 2. The number of nitrogens with two attached hydrogens (primary N) is 4. The molecule has 2 aliphatic heterocycles. The Hall–Kier alpha value is -2.02. The summed E-state index contributed by atoms with van der Waals surface area (Å²) in [5.74, 6) is 1.04. The van der Waals surface area contributed by atoms with Gasteiger partial charge in [-0.1, -0.05) is 12.8 Å². The van der Waals surface area contributed by atoms with Gasteiger partial charge in [0.15, 0.2) is 11.3 Å². The van der Waals surface area contributed by atoms with Crippen molar-refractivity contribution in [2.45, 2.75) is 88.4 Å². The van der Waals surface area contributed by atoms with Gasteiger partial charge in [-0.05, 0) is 64.2 Å². The molecule has 0 bridgehead atoms. The van der Waals surface area contributed by atoms with E-state index >= 15 is 0 Å². The number of nitrogens with zero attached hydrogens (tertiary/aromatic N) is 6. The summed E-state index contributed by atoms with van der Waals surface area (Å²) < 4.78 is 0. The lowest BCUT2D eigenvalue weighted by atomic mass is 10.1. The van der Waals surface area contributed by atoms with Crippen LogP contribution in [0.3, 0.4) is 0 Å². The van der Waals surface area contributed by atoms with Crippen LogP contribution in [0.4, 0.5) is 0 Å². The van der Waals surface area contributed by atoms with Crippen LogP contribution >= 0.6 is 24.8 Å². The fourth-order valence-corrected chi connectivity index (χ4v) is 5.07. The summed E-state index contributed by atoms with van der Waals surface area (Å²) in [6.45, 7) is 1.11. The third kappa shape index (κ3) is 5.96. The fraction of sp³-hybridized carbons (Fsp3) is 0.800. The monoisotopic (exact) mass is 520 g/mol. The predicted molar refractivity (Wildman–Crippen MR) is 137 cm³/mol. The molecular formula is C20H38Cl2N10O2. The van der Waals surface area contributed by atoms with E-state index in [-0.39, 0.29) is 48.7 Å². The van der Waals surface area contributed by atoms with E-state index in [9.17, 15) is 0 Å². The third-order valence-electron chi connectivity index (χ3n) is 6.56. The van der Waals surface area contributed by atoms with Gasteiger partial charge in [0.2, 0.25) is 23.8 Å². The molecule has 34 heavy (non-hydrogen) atoms. The highest BCUT2D eigenvalue weighted by atomic mass is 35.5. The summed E-state index contributed by atoms with van der Waals surface area (Å²) in [6, 6.07) is 0. The van der Waals surface area contributed by atoms with Gasteiger partial charge in [0.1, 0.15) is 0 Å². The average Bonchev–Trinajstić information content (AvgIpc) is 3.38. The number of unbranched alkanes of at least 4 members (excludes halogenated alkanes) is 3. The summed E-state index contributed by atoms with van der Waals surface area (Å²) in [4.78, 5) is 29.2. The molecule has 0 aromatic heterocycles. The van der Waals surface area contributed by atoms with E-state index in [2.05, 4.69) is 20.0 Å². The SMILES string of the molecule is Cl.Cl.NC1=NC2(CCCC2)N(OCCCCCCON2C(N)=NC(N)=NC23CCCC3)C(N)=N1. The van der Waals surface area contributed by atoms with Gasteiger partial charge in [-0.15, -0.1) is 24.8 Å². The van der Waals surface area contributed by atoms with E-state index in [1.54, 1.807) is 10.1 Å². The molecule has 0 saturated heterocycles. The second-order valence-corrected chi connectivity index (χ2v) is 8.93. The highest BCUT2D eigenvalue weighted by Crippen LogP contribution is 2.39. The molecule has 2 fully saturated rings. The molecule has 8 N–H and O–H groups in total. The summed E-state index contributed by atoms with van der Waals surface area (Å²) in [5, 5.41) is 3.34. The van der Waals surface area contributed by atoms with Gasteiger partial charge in [-0.25, -0.2) is 9.98 Å². The second kappa shape index (κ2) is 12.1. The van der Waals surface area contributed by atoms with Crippen LogP contribution in [0.15, 0.2) is 20.0 Å². The molecule has 4 aliphatic rings. The molecule has 14 heteroatoms. The van der Waals surface area contributed by atoms with Crippen molar-refractivity contribution in [2.75, 3.05) is 13.2 Å². The van der Waals surface area contributed by atoms with Crippen LogP contribution in [0.2, 0.25) is 0 Å². The Morgan fingerprint density at radius 1 is 0.618 bits per heavy atom. The topological polar surface area (TPSA) is 178 Å². The van der Waals surface area contributed by atoms with E-state index in [4.69, 9.17) is 32.6 Å². The fourth-order valence-electron chi connectivity index (χ4n) is 5.07. The van der Waals surface area contributed by atoms with Crippen molar-refractivity contribution in [1.82, 2.24) is 10.1 Å². The molecule has 2 heterocycles. The molecule has 0 amide bonds. The largest absolute Gasteiger partial charge is 0.368 e. The first-order chi connectivity index (χ1) is 15.4. The summed E-state index contributed by atoms with van der Waals surface area (Å²) in [7, 11) is 0. The molecular weight excluding hydrogens is 483 g/mol. The van der Waals surface area contributed by atoms with Gasteiger partial charge in [0.25, 0.3) is 0 Å². The van der Waals surface area contributed by atoms with Crippen LogP contribution in [-0.2, 0) is 9.68 Å². The van der Waals surface area contributed by atoms with Crippen LogP contribution in [0, 0.1) is 0 Å². The molecule has 4 rings (SSSR count). The molecule has 0 aromatic rings. The Morgan fingerprint density at radius 2 is 0.971 bits per heavy atom. The Labute approximate surface area is 213 Å². The maximum atomic E-state index is 6.08. The zero-order valence-electron chi connectivity index (χ0n) is 19.5. The maximum absolute atomic E-state index is 6.08. The lowest BCUT2D eigenvalue weighted by molar-refractivity contribution is -0.169. The summed E-state index contributed by atoms with van der Waals surface area (Å²) >= 11 is 0. The zero-order valence-corrected chi connectivity index (χ0v) is 21.2. The highest BCUT2D eigenvalue weighted by Gasteiger charge is 2.45. The molecule has 12 nitrogen and oxygen atoms in total. The van der Waals surface area contributed by atoms with E-state index in [1.807, 2.05) is 0 Å². The van der Waals surface area contributed by atoms with Gasteiger partial charge in [0, 0.05) is 0 Å². The first-order valence-electron chi connectivity index (χ1n) is 11.7. The highest BCUT2D eigenvalue weighted by molar-refractivity contribution is 5.96. The Morgan fingerprint density at radius 3 is 1.32 bits per heavy atom. The molecule has 0 aromatic carbocycles. The number of rotatable bonds is 9. The van der Waals surface area contributed by atoms with Crippen molar-refractivity contribution in [3.63, 3.8) is 0 Å². The van der Waals surface area contributed by atoms with Crippen molar-refractivity contribution in [3.8, 4) is 0 Å². The normalized spacial score (nSPS) is 22.6. The quantitative estimate of drug-likeness (QED) is 0.331. The molecule has 2 saturated carbocycles. The minimum absolute atomic E-state index is 0. The van der Waals surface area contributed by atoms with Crippen molar-refractivity contribution in [2.24, 2.45) is 42.9 Å². The van der Waals surface area contributed by atoms with Gasteiger partial charge in [-0.3, -0.25) is 9.68 Å². The lowest BCUT2D eigenvalue weighted by Gasteiger charge is -2.39. The van der Waals surface area contributed by atoms with E-state index in [1.165, 1.54) is 0 Å². The van der Waals surface area contributed by atoms with Crippen LogP contribution < -0.4 is 22.9 Å². The van der Waals surface area contributed by atoms with Crippen molar-refractivity contribution >= 4 is 48.7 Å². The molecule has 0 unspecified atom stereocenters. The summed E-state index contributed by atoms with van der Waals surface area (Å²) in [6.07, 6.45) is 11.6. The van der Waals surface area contributed by atoms with Crippen molar-refractivity contribution in [1.29, 1.82) is 0 Å². The number of hydrogen-bond donors (Lipinski definition) is 4.